The standard InChI is InChI=1S/C24H31N3O2S.ClH/c1-6-7-14-29-20-10-8-19(9-11-20)23(28)27(13-12-26(4)5)24-25-21-16-17(2)15-18(3)22(21)30-24;/h8-11,15-16H,6-7,12-14H2,1-5H3;1H. The van der Waals surface area contributed by atoms with Crippen LogP contribution >= 0.6 is 23.7 Å². The van der Waals surface area contributed by atoms with Gasteiger partial charge in [-0.1, -0.05) is 30.7 Å². The smallest absolute Gasteiger partial charge is 0.260 e. The zero-order valence-electron chi connectivity index (χ0n) is 19.0. The third-order valence-electron chi connectivity index (χ3n) is 4.92. The van der Waals surface area contributed by atoms with Gasteiger partial charge in [-0.3, -0.25) is 9.69 Å². The lowest BCUT2D eigenvalue weighted by atomic mass is 10.1. The van der Waals surface area contributed by atoms with Gasteiger partial charge in [-0.2, -0.15) is 0 Å². The summed E-state index contributed by atoms with van der Waals surface area (Å²) in [5.41, 5.74) is 3.97. The lowest BCUT2D eigenvalue weighted by Gasteiger charge is -2.22. The van der Waals surface area contributed by atoms with Crippen LogP contribution in [0.4, 0.5) is 5.13 Å². The van der Waals surface area contributed by atoms with Gasteiger partial charge in [0.05, 0.1) is 16.8 Å². The number of benzene rings is 2. The third-order valence-corrected chi connectivity index (χ3v) is 6.15. The normalized spacial score (nSPS) is 10.9. The number of hydrogen-bond donors (Lipinski definition) is 0. The quantitative estimate of drug-likeness (QED) is 0.382. The molecule has 0 aliphatic heterocycles. The van der Waals surface area contributed by atoms with Crippen molar-refractivity contribution in [3.8, 4) is 5.75 Å². The van der Waals surface area contributed by atoms with Crippen LogP contribution in [-0.2, 0) is 0 Å². The third kappa shape index (κ3) is 6.42. The minimum Gasteiger partial charge on any atom is -0.494 e. The predicted molar refractivity (Wildman–Crippen MR) is 133 cm³/mol. The van der Waals surface area contributed by atoms with Crippen molar-refractivity contribution >= 4 is 45.0 Å². The van der Waals surface area contributed by atoms with Gasteiger partial charge in [0.2, 0.25) is 0 Å². The van der Waals surface area contributed by atoms with E-state index in [0.717, 1.165) is 40.5 Å². The van der Waals surface area contributed by atoms with Crippen LogP contribution in [0.15, 0.2) is 36.4 Å². The molecule has 0 saturated heterocycles. The number of ether oxygens (including phenoxy) is 1. The Morgan fingerprint density at radius 1 is 1.10 bits per heavy atom. The van der Waals surface area contributed by atoms with E-state index in [2.05, 4.69) is 37.8 Å². The minimum atomic E-state index is -0.0367. The first-order chi connectivity index (χ1) is 14.4. The van der Waals surface area contributed by atoms with Crippen LogP contribution < -0.4 is 9.64 Å². The van der Waals surface area contributed by atoms with Gasteiger partial charge in [0.15, 0.2) is 5.13 Å². The fraction of sp³-hybridized carbons (Fsp3) is 0.417. The predicted octanol–water partition coefficient (Wildman–Crippen LogP) is 5.72. The summed E-state index contributed by atoms with van der Waals surface area (Å²) < 4.78 is 6.86. The van der Waals surface area contributed by atoms with Crippen molar-refractivity contribution in [1.82, 2.24) is 9.88 Å². The first kappa shape index (κ1) is 25.1. The molecule has 2 aromatic carbocycles. The van der Waals surface area contributed by atoms with Gasteiger partial charge in [0.25, 0.3) is 5.91 Å². The number of hydrogen-bond acceptors (Lipinski definition) is 5. The number of halogens is 1. The first-order valence-electron chi connectivity index (χ1n) is 10.5. The summed E-state index contributed by atoms with van der Waals surface area (Å²) in [6, 6.07) is 11.7. The molecule has 0 fully saturated rings. The molecular weight excluding hydrogens is 430 g/mol. The summed E-state index contributed by atoms with van der Waals surface area (Å²) in [7, 11) is 4.02. The van der Waals surface area contributed by atoms with Crippen molar-refractivity contribution < 1.29 is 9.53 Å². The number of unbranched alkanes of at least 4 members (excludes halogenated alkanes) is 1. The fourth-order valence-electron chi connectivity index (χ4n) is 3.25. The summed E-state index contributed by atoms with van der Waals surface area (Å²) in [4.78, 5) is 22.1. The SMILES string of the molecule is CCCCOc1ccc(C(=O)N(CCN(C)C)c2nc3cc(C)cc(C)c3s2)cc1.Cl. The molecule has 1 aromatic heterocycles. The second-order valence-corrected chi connectivity index (χ2v) is 8.89. The van der Waals surface area contributed by atoms with E-state index in [1.54, 1.807) is 16.2 Å². The Labute approximate surface area is 195 Å². The number of carbonyl (C=O) groups is 1. The molecule has 0 spiro atoms. The molecule has 1 heterocycles. The van der Waals surface area contributed by atoms with Crippen molar-refractivity contribution in [3.63, 3.8) is 0 Å². The number of aromatic nitrogens is 1. The number of rotatable bonds is 9. The van der Waals surface area contributed by atoms with E-state index >= 15 is 0 Å². The highest BCUT2D eigenvalue weighted by molar-refractivity contribution is 7.22. The van der Waals surface area contributed by atoms with Crippen molar-refractivity contribution in [3.05, 3.63) is 53.1 Å². The van der Waals surface area contributed by atoms with E-state index < -0.39 is 0 Å². The van der Waals surface area contributed by atoms with E-state index in [-0.39, 0.29) is 18.3 Å². The Hall–Kier alpha value is -2.15. The number of thiazole rings is 1. The van der Waals surface area contributed by atoms with Crippen LogP contribution in [0.1, 0.15) is 41.3 Å². The van der Waals surface area contributed by atoms with E-state index in [1.165, 1.54) is 11.1 Å². The van der Waals surface area contributed by atoms with Crippen LogP contribution in [-0.4, -0.2) is 49.6 Å². The Bertz CT molecular complexity index is 1000. The monoisotopic (exact) mass is 461 g/mol. The van der Waals surface area contributed by atoms with Crippen LogP contribution in [0.2, 0.25) is 0 Å². The number of amides is 1. The summed E-state index contributed by atoms with van der Waals surface area (Å²) in [5.74, 6) is 0.760. The average molecular weight is 462 g/mol. The molecule has 1 amide bonds. The van der Waals surface area contributed by atoms with Gasteiger partial charge in [-0.15, -0.1) is 12.4 Å². The Morgan fingerprint density at radius 2 is 1.81 bits per heavy atom. The lowest BCUT2D eigenvalue weighted by molar-refractivity contribution is 0.0985. The first-order valence-corrected chi connectivity index (χ1v) is 11.3. The summed E-state index contributed by atoms with van der Waals surface area (Å²) in [6.45, 7) is 8.35. The van der Waals surface area contributed by atoms with Gasteiger partial charge in [0, 0.05) is 18.7 Å². The molecular formula is C24H32ClN3O2S. The van der Waals surface area contributed by atoms with Gasteiger partial charge < -0.3 is 9.64 Å². The maximum atomic E-state index is 13.4. The topological polar surface area (TPSA) is 45.7 Å². The van der Waals surface area contributed by atoms with Crippen LogP contribution in [0, 0.1) is 13.8 Å². The molecule has 0 atom stereocenters. The molecule has 31 heavy (non-hydrogen) atoms. The summed E-state index contributed by atoms with van der Waals surface area (Å²) in [5, 5.41) is 0.744. The van der Waals surface area contributed by atoms with Crippen LogP contribution in [0.25, 0.3) is 10.2 Å². The zero-order chi connectivity index (χ0) is 21.7. The summed E-state index contributed by atoms with van der Waals surface area (Å²) in [6.07, 6.45) is 2.12. The molecule has 168 valence electrons. The van der Waals surface area contributed by atoms with Crippen LogP contribution in [0.3, 0.4) is 0 Å². The van der Waals surface area contributed by atoms with Gasteiger partial charge in [-0.05, 0) is 75.8 Å². The number of carbonyl (C=O) groups excluding carboxylic acids is 1. The molecule has 0 aliphatic rings. The van der Waals surface area contributed by atoms with Crippen molar-refractivity contribution in [1.29, 1.82) is 0 Å². The van der Waals surface area contributed by atoms with Crippen molar-refractivity contribution in [2.75, 3.05) is 38.7 Å². The number of nitrogens with zero attached hydrogens (tertiary/aromatic N) is 3. The molecule has 7 heteroatoms. The van der Waals surface area contributed by atoms with E-state index in [9.17, 15) is 4.79 Å². The molecule has 0 bridgehead atoms. The van der Waals surface area contributed by atoms with E-state index in [1.807, 2.05) is 38.4 Å². The second-order valence-electron chi connectivity index (χ2n) is 7.91. The Kier molecular flexibility index (Phi) is 9.29. The van der Waals surface area contributed by atoms with E-state index in [4.69, 9.17) is 9.72 Å². The van der Waals surface area contributed by atoms with Gasteiger partial charge in [-0.25, -0.2) is 4.98 Å². The van der Waals surface area contributed by atoms with Crippen molar-refractivity contribution in [2.24, 2.45) is 0 Å². The maximum absolute atomic E-state index is 13.4. The average Bonchev–Trinajstić information content (AvgIpc) is 3.12. The minimum absolute atomic E-state index is 0. The molecule has 0 saturated carbocycles. The Balaban J connectivity index is 0.00000341. The maximum Gasteiger partial charge on any atom is 0.260 e. The molecule has 0 aliphatic carbocycles. The zero-order valence-corrected chi connectivity index (χ0v) is 20.6. The lowest BCUT2D eigenvalue weighted by Crippen LogP contribution is -2.36. The van der Waals surface area contributed by atoms with Crippen molar-refractivity contribution in [2.45, 2.75) is 33.6 Å². The molecule has 3 aromatic rings. The highest BCUT2D eigenvalue weighted by Crippen LogP contribution is 2.33. The molecule has 3 rings (SSSR count). The highest BCUT2D eigenvalue weighted by atomic mass is 35.5. The largest absolute Gasteiger partial charge is 0.494 e. The van der Waals surface area contributed by atoms with E-state index in [0.29, 0.717) is 18.7 Å². The number of likely N-dealkylation sites (N-methyl/N-ethyl adjacent to an activating group) is 1. The second kappa shape index (κ2) is 11.5. The molecule has 0 radical (unpaired) electrons. The molecule has 0 N–H and O–H groups in total. The number of fused-ring (bicyclic) bond motifs is 1. The fourth-order valence-corrected chi connectivity index (χ4v) is 4.29. The van der Waals surface area contributed by atoms with Crippen LogP contribution in [0.5, 0.6) is 5.75 Å². The van der Waals surface area contributed by atoms with Gasteiger partial charge >= 0.3 is 0 Å². The number of aryl methyl sites for hydroxylation is 2. The Morgan fingerprint density at radius 3 is 2.45 bits per heavy atom. The highest BCUT2D eigenvalue weighted by Gasteiger charge is 2.22. The molecule has 5 nitrogen and oxygen atoms in total. The molecule has 0 unspecified atom stereocenters. The summed E-state index contributed by atoms with van der Waals surface area (Å²) >= 11 is 1.58. The van der Waals surface area contributed by atoms with Gasteiger partial charge in [0.1, 0.15) is 5.75 Å². The number of anilines is 1.